The second-order valence-electron chi connectivity index (χ2n) is 7.02. The van der Waals surface area contributed by atoms with Gasteiger partial charge in [-0.2, -0.15) is 0 Å². The van der Waals surface area contributed by atoms with Crippen molar-refractivity contribution >= 4 is 56.5 Å². The Balaban J connectivity index is 1.49. The van der Waals surface area contributed by atoms with Crippen LogP contribution in [-0.4, -0.2) is 16.1 Å². The molecule has 31 heavy (non-hydrogen) atoms. The molecule has 0 radical (unpaired) electrons. The molecule has 0 atom stereocenters. The standard InChI is InChI=1S/C22H20N4O3S2/c1-12-7-8-18-15(9-19(28)29-20(18)13(12)2)11-30-22-26-25-21(31-22)24-17-6-4-5-16(10-17)23-14(3)27/h4-10H,11H2,1-3H3,(H,23,27)(H,24,25). The first-order valence-corrected chi connectivity index (χ1v) is 11.3. The van der Waals surface area contributed by atoms with Gasteiger partial charge in [0.25, 0.3) is 0 Å². The van der Waals surface area contributed by atoms with Gasteiger partial charge in [-0.3, -0.25) is 4.79 Å². The molecule has 9 heteroatoms. The lowest BCUT2D eigenvalue weighted by atomic mass is 10.0. The molecule has 0 spiro atoms. The number of nitrogens with zero attached hydrogens (tertiary/aromatic N) is 2. The molecule has 4 rings (SSSR count). The lowest BCUT2D eigenvalue weighted by Gasteiger charge is -2.08. The van der Waals surface area contributed by atoms with E-state index in [9.17, 15) is 9.59 Å². The average Bonchev–Trinajstić information content (AvgIpc) is 3.16. The molecule has 0 bridgehead atoms. The smallest absolute Gasteiger partial charge is 0.336 e. The van der Waals surface area contributed by atoms with E-state index in [1.54, 1.807) is 0 Å². The first kappa shape index (κ1) is 21.1. The molecule has 0 saturated carbocycles. The fraction of sp³-hybridized carbons (Fsp3) is 0.182. The van der Waals surface area contributed by atoms with Gasteiger partial charge in [-0.25, -0.2) is 4.79 Å². The molecular formula is C22H20N4O3S2. The lowest BCUT2D eigenvalue weighted by molar-refractivity contribution is -0.114. The summed E-state index contributed by atoms with van der Waals surface area (Å²) in [6, 6.07) is 12.9. The van der Waals surface area contributed by atoms with E-state index in [1.165, 1.54) is 36.1 Å². The van der Waals surface area contributed by atoms with Gasteiger partial charge in [0, 0.05) is 35.5 Å². The van der Waals surface area contributed by atoms with Crippen molar-refractivity contribution in [1.29, 1.82) is 0 Å². The third-order valence-electron chi connectivity index (χ3n) is 4.71. The molecule has 2 heterocycles. The Bertz CT molecular complexity index is 1330. The number of carbonyl (C=O) groups is 1. The summed E-state index contributed by atoms with van der Waals surface area (Å²) in [7, 11) is 0. The van der Waals surface area contributed by atoms with E-state index in [0.717, 1.165) is 32.1 Å². The van der Waals surface area contributed by atoms with Gasteiger partial charge in [0.05, 0.1) is 0 Å². The highest BCUT2D eigenvalue weighted by molar-refractivity contribution is 8.00. The average molecular weight is 453 g/mol. The first-order valence-electron chi connectivity index (χ1n) is 9.53. The monoisotopic (exact) mass is 452 g/mol. The third kappa shape index (κ3) is 4.95. The molecule has 0 aliphatic carbocycles. The van der Waals surface area contributed by atoms with Crippen LogP contribution in [0.1, 0.15) is 23.6 Å². The van der Waals surface area contributed by atoms with E-state index in [2.05, 4.69) is 20.8 Å². The Hall–Kier alpha value is -3.17. The second-order valence-corrected chi connectivity index (χ2v) is 9.22. The van der Waals surface area contributed by atoms with Crippen LogP contribution >= 0.6 is 23.1 Å². The van der Waals surface area contributed by atoms with Crippen LogP contribution in [0.2, 0.25) is 0 Å². The number of rotatable bonds is 6. The van der Waals surface area contributed by atoms with Crippen LogP contribution in [-0.2, 0) is 10.5 Å². The molecule has 2 aromatic heterocycles. The molecule has 0 aliphatic rings. The fourth-order valence-corrected chi connectivity index (χ4v) is 4.87. The molecule has 7 nitrogen and oxygen atoms in total. The topological polar surface area (TPSA) is 97.1 Å². The van der Waals surface area contributed by atoms with Gasteiger partial charge >= 0.3 is 5.63 Å². The highest BCUT2D eigenvalue weighted by Gasteiger charge is 2.12. The number of hydrogen-bond donors (Lipinski definition) is 2. The van der Waals surface area contributed by atoms with Crippen LogP contribution in [0.5, 0.6) is 0 Å². The van der Waals surface area contributed by atoms with Crippen LogP contribution in [0.15, 0.2) is 56.0 Å². The van der Waals surface area contributed by atoms with Crippen molar-refractivity contribution in [1.82, 2.24) is 10.2 Å². The third-order valence-corrected chi connectivity index (χ3v) is 6.73. The Labute approximate surface area is 186 Å². The summed E-state index contributed by atoms with van der Waals surface area (Å²) in [5.74, 6) is 0.455. The van der Waals surface area contributed by atoms with Crippen molar-refractivity contribution in [3.8, 4) is 0 Å². The summed E-state index contributed by atoms with van der Waals surface area (Å²) in [4.78, 5) is 23.3. The van der Waals surface area contributed by atoms with Crippen LogP contribution in [0.25, 0.3) is 11.0 Å². The number of fused-ring (bicyclic) bond motifs is 1. The highest BCUT2D eigenvalue weighted by atomic mass is 32.2. The minimum absolute atomic E-state index is 0.125. The number of anilines is 3. The summed E-state index contributed by atoms with van der Waals surface area (Å²) in [5, 5.41) is 16.0. The molecule has 2 N–H and O–H groups in total. The molecule has 1 amide bonds. The number of hydrogen-bond acceptors (Lipinski definition) is 8. The number of aromatic nitrogens is 2. The SMILES string of the molecule is CC(=O)Nc1cccc(Nc2nnc(SCc3cc(=O)oc4c(C)c(C)ccc34)s2)c1. The van der Waals surface area contributed by atoms with Crippen LogP contribution in [0.4, 0.5) is 16.5 Å². The van der Waals surface area contributed by atoms with Gasteiger partial charge in [0.1, 0.15) is 5.58 Å². The maximum absolute atomic E-state index is 12.0. The van der Waals surface area contributed by atoms with Gasteiger partial charge in [0.2, 0.25) is 11.0 Å². The van der Waals surface area contributed by atoms with E-state index in [0.29, 0.717) is 22.2 Å². The van der Waals surface area contributed by atoms with Gasteiger partial charge in [-0.15, -0.1) is 10.2 Å². The molecule has 0 fully saturated rings. The Morgan fingerprint density at radius 1 is 1.13 bits per heavy atom. The zero-order valence-corrected chi connectivity index (χ0v) is 18.8. The second kappa shape index (κ2) is 8.91. The highest BCUT2D eigenvalue weighted by Crippen LogP contribution is 2.32. The molecule has 0 unspecified atom stereocenters. The maximum Gasteiger partial charge on any atom is 0.336 e. The normalized spacial score (nSPS) is 10.9. The van der Waals surface area contributed by atoms with E-state index in [4.69, 9.17) is 4.42 Å². The largest absolute Gasteiger partial charge is 0.422 e. The van der Waals surface area contributed by atoms with Gasteiger partial charge in [0.15, 0.2) is 4.34 Å². The van der Waals surface area contributed by atoms with Crippen molar-refractivity contribution in [3.63, 3.8) is 0 Å². The predicted molar refractivity (Wildman–Crippen MR) is 125 cm³/mol. The van der Waals surface area contributed by atoms with Crippen LogP contribution in [0, 0.1) is 13.8 Å². The number of thioether (sulfide) groups is 1. The van der Waals surface area contributed by atoms with Crippen molar-refractivity contribution in [3.05, 3.63) is 69.6 Å². The van der Waals surface area contributed by atoms with Gasteiger partial charge < -0.3 is 15.1 Å². The summed E-state index contributed by atoms with van der Waals surface area (Å²) >= 11 is 2.94. The molecule has 2 aromatic carbocycles. The summed E-state index contributed by atoms with van der Waals surface area (Å²) in [6.45, 7) is 5.43. The van der Waals surface area contributed by atoms with Crippen molar-refractivity contribution < 1.29 is 9.21 Å². The van der Waals surface area contributed by atoms with Gasteiger partial charge in [-0.1, -0.05) is 41.3 Å². The Morgan fingerprint density at radius 3 is 2.74 bits per heavy atom. The van der Waals surface area contributed by atoms with E-state index < -0.39 is 0 Å². The van der Waals surface area contributed by atoms with Gasteiger partial charge in [-0.05, 0) is 48.7 Å². The maximum atomic E-state index is 12.0. The molecular weight excluding hydrogens is 432 g/mol. The molecule has 158 valence electrons. The summed E-state index contributed by atoms with van der Waals surface area (Å²) < 4.78 is 6.23. The van der Waals surface area contributed by atoms with Crippen molar-refractivity contribution in [2.75, 3.05) is 10.6 Å². The van der Waals surface area contributed by atoms with Crippen molar-refractivity contribution in [2.45, 2.75) is 30.9 Å². The number of nitrogens with one attached hydrogen (secondary N) is 2. The van der Waals surface area contributed by atoms with E-state index >= 15 is 0 Å². The summed E-state index contributed by atoms with van der Waals surface area (Å²) in [5.41, 5.74) is 4.77. The number of carbonyl (C=O) groups excluding carboxylic acids is 1. The first-order chi connectivity index (χ1) is 14.9. The van der Waals surface area contributed by atoms with E-state index in [1.807, 2.05) is 50.2 Å². The summed E-state index contributed by atoms with van der Waals surface area (Å²) in [6.07, 6.45) is 0. The Morgan fingerprint density at radius 2 is 1.94 bits per heavy atom. The minimum Gasteiger partial charge on any atom is -0.422 e. The predicted octanol–water partition coefficient (Wildman–Crippen LogP) is 5.26. The fourth-order valence-electron chi connectivity index (χ4n) is 3.10. The number of aryl methyl sites for hydroxylation is 2. The quantitative estimate of drug-likeness (QED) is 0.304. The number of amides is 1. The molecule has 0 saturated heterocycles. The van der Waals surface area contributed by atoms with E-state index in [-0.39, 0.29) is 11.5 Å². The molecule has 0 aliphatic heterocycles. The number of benzene rings is 2. The Kier molecular flexibility index (Phi) is 6.06. The zero-order valence-electron chi connectivity index (χ0n) is 17.2. The zero-order chi connectivity index (χ0) is 22.0. The minimum atomic E-state index is -0.351. The van der Waals surface area contributed by atoms with Crippen molar-refractivity contribution in [2.24, 2.45) is 0 Å². The lowest BCUT2D eigenvalue weighted by Crippen LogP contribution is -2.05. The molecule has 4 aromatic rings. The van der Waals surface area contributed by atoms with Crippen LogP contribution in [0.3, 0.4) is 0 Å². The van der Waals surface area contributed by atoms with Crippen LogP contribution < -0.4 is 16.3 Å².